The molecule has 1 N–H and O–H groups in total. The minimum absolute atomic E-state index is 0.454. The van der Waals surface area contributed by atoms with Crippen molar-refractivity contribution in [1.82, 2.24) is 10.2 Å². The van der Waals surface area contributed by atoms with Crippen molar-refractivity contribution in [3.63, 3.8) is 0 Å². The van der Waals surface area contributed by atoms with Crippen molar-refractivity contribution in [2.24, 2.45) is 11.8 Å². The van der Waals surface area contributed by atoms with Crippen LogP contribution in [0.2, 0.25) is 0 Å². The lowest BCUT2D eigenvalue weighted by Gasteiger charge is -2.26. The number of aryl methyl sites for hydroxylation is 1. The number of hydrogen-bond acceptors (Lipinski definition) is 2. The summed E-state index contributed by atoms with van der Waals surface area (Å²) in [6.07, 6.45) is 3.72. The van der Waals surface area contributed by atoms with Crippen molar-refractivity contribution in [3.05, 3.63) is 35.4 Å². The molecule has 2 heteroatoms. The van der Waals surface area contributed by atoms with Crippen molar-refractivity contribution in [3.8, 4) is 0 Å². The van der Waals surface area contributed by atoms with Gasteiger partial charge in [0.15, 0.2) is 0 Å². The first-order chi connectivity index (χ1) is 10.1. The van der Waals surface area contributed by atoms with Crippen LogP contribution in [-0.4, -0.2) is 31.6 Å². The molecule has 2 rings (SSSR count). The second-order valence-corrected chi connectivity index (χ2v) is 6.80. The molecule has 118 valence electrons. The van der Waals surface area contributed by atoms with Gasteiger partial charge in [-0.3, -0.25) is 0 Å². The molecule has 0 aromatic heterocycles. The van der Waals surface area contributed by atoms with Crippen LogP contribution in [0.3, 0.4) is 0 Å². The molecule has 1 aromatic carbocycles. The van der Waals surface area contributed by atoms with Crippen molar-refractivity contribution >= 4 is 0 Å². The van der Waals surface area contributed by atoms with E-state index >= 15 is 0 Å². The van der Waals surface area contributed by atoms with E-state index in [1.807, 2.05) is 0 Å². The number of nitrogens with one attached hydrogen (secondary N) is 1. The zero-order chi connectivity index (χ0) is 15.2. The summed E-state index contributed by atoms with van der Waals surface area (Å²) in [5, 5.41) is 3.72. The summed E-state index contributed by atoms with van der Waals surface area (Å²) in [7, 11) is 2.27. The summed E-state index contributed by atoms with van der Waals surface area (Å²) in [4.78, 5) is 2.51. The second-order valence-electron chi connectivity index (χ2n) is 6.80. The average Bonchev–Trinajstić information content (AvgIpc) is 3.18. The van der Waals surface area contributed by atoms with E-state index < -0.39 is 0 Å². The maximum absolute atomic E-state index is 3.72. The predicted octanol–water partition coefficient (Wildman–Crippen LogP) is 3.88. The summed E-state index contributed by atoms with van der Waals surface area (Å²) in [5.74, 6) is 1.88. The summed E-state index contributed by atoms with van der Waals surface area (Å²) >= 11 is 0. The summed E-state index contributed by atoms with van der Waals surface area (Å²) in [5.41, 5.74) is 2.85. The SMILES string of the molecule is CCCNC(CN(C)CC1CC1C)c1ccc(CC)cc1. The lowest BCUT2D eigenvalue weighted by Crippen LogP contribution is -2.34. The van der Waals surface area contributed by atoms with Gasteiger partial charge in [-0.05, 0) is 55.8 Å². The van der Waals surface area contributed by atoms with Gasteiger partial charge >= 0.3 is 0 Å². The Kier molecular flexibility index (Phi) is 6.25. The smallest absolute Gasteiger partial charge is 0.0449 e. The molecule has 0 heterocycles. The highest BCUT2D eigenvalue weighted by atomic mass is 15.1. The quantitative estimate of drug-likeness (QED) is 0.742. The topological polar surface area (TPSA) is 15.3 Å². The molecule has 0 bridgehead atoms. The molecular formula is C19H32N2. The monoisotopic (exact) mass is 288 g/mol. The van der Waals surface area contributed by atoms with E-state index in [4.69, 9.17) is 0 Å². The Hall–Kier alpha value is -0.860. The van der Waals surface area contributed by atoms with Crippen LogP contribution in [0, 0.1) is 11.8 Å². The minimum Gasteiger partial charge on any atom is -0.309 e. The van der Waals surface area contributed by atoms with Gasteiger partial charge in [0.25, 0.3) is 0 Å². The fraction of sp³-hybridized carbons (Fsp3) is 0.684. The van der Waals surface area contributed by atoms with Gasteiger partial charge in [-0.2, -0.15) is 0 Å². The third kappa shape index (κ3) is 5.12. The van der Waals surface area contributed by atoms with E-state index in [1.165, 1.54) is 30.5 Å². The molecule has 2 nitrogen and oxygen atoms in total. The first-order valence-corrected chi connectivity index (χ1v) is 8.64. The zero-order valence-electron chi connectivity index (χ0n) is 14.2. The van der Waals surface area contributed by atoms with Gasteiger partial charge in [0, 0.05) is 19.1 Å². The number of nitrogens with zero attached hydrogens (tertiary/aromatic N) is 1. The summed E-state index contributed by atoms with van der Waals surface area (Å²) in [6, 6.07) is 9.62. The third-order valence-corrected chi connectivity index (χ3v) is 4.75. The molecular weight excluding hydrogens is 256 g/mol. The number of rotatable bonds is 9. The first-order valence-electron chi connectivity index (χ1n) is 8.64. The number of hydrogen-bond donors (Lipinski definition) is 1. The lowest BCUT2D eigenvalue weighted by atomic mass is 10.0. The molecule has 0 amide bonds. The fourth-order valence-electron chi connectivity index (χ4n) is 3.03. The van der Waals surface area contributed by atoms with Crippen LogP contribution in [0.1, 0.15) is 50.8 Å². The molecule has 3 atom stereocenters. The predicted molar refractivity (Wildman–Crippen MR) is 91.6 cm³/mol. The van der Waals surface area contributed by atoms with Gasteiger partial charge in [-0.15, -0.1) is 0 Å². The molecule has 0 saturated heterocycles. The van der Waals surface area contributed by atoms with Crippen LogP contribution < -0.4 is 5.32 Å². The van der Waals surface area contributed by atoms with Gasteiger partial charge in [0.1, 0.15) is 0 Å². The van der Waals surface area contributed by atoms with E-state index in [0.29, 0.717) is 6.04 Å². The Balaban J connectivity index is 1.94. The third-order valence-electron chi connectivity index (χ3n) is 4.75. The minimum atomic E-state index is 0.454. The van der Waals surface area contributed by atoms with Crippen LogP contribution >= 0.6 is 0 Å². The standard InChI is InChI=1S/C19H32N2/c1-5-11-20-19(14-21(4)13-18-12-15(18)3)17-9-7-16(6-2)8-10-17/h7-10,15,18-20H,5-6,11-14H2,1-4H3. The van der Waals surface area contributed by atoms with Crippen LogP contribution in [-0.2, 0) is 6.42 Å². The lowest BCUT2D eigenvalue weighted by molar-refractivity contribution is 0.276. The molecule has 21 heavy (non-hydrogen) atoms. The Bertz CT molecular complexity index is 412. The van der Waals surface area contributed by atoms with Crippen molar-refractivity contribution in [1.29, 1.82) is 0 Å². The van der Waals surface area contributed by atoms with E-state index in [2.05, 4.69) is 62.3 Å². The Morgan fingerprint density at radius 3 is 2.43 bits per heavy atom. The van der Waals surface area contributed by atoms with Gasteiger partial charge in [-0.25, -0.2) is 0 Å². The molecule has 1 aliphatic carbocycles. The van der Waals surface area contributed by atoms with Crippen molar-refractivity contribution in [2.45, 2.75) is 46.1 Å². The molecule has 1 fully saturated rings. The van der Waals surface area contributed by atoms with Gasteiger partial charge in [-0.1, -0.05) is 45.0 Å². The van der Waals surface area contributed by atoms with Crippen LogP contribution in [0.4, 0.5) is 0 Å². The highest BCUT2D eigenvalue weighted by Gasteiger charge is 2.33. The average molecular weight is 288 g/mol. The van der Waals surface area contributed by atoms with Crippen LogP contribution in [0.5, 0.6) is 0 Å². The van der Waals surface area contributed by atoms with Crippen LogP contribution in [0.15, 0.2) is 24.3 Å². The zero-order valence-corrected chi connectivity index (χ0v) is 14.2. The Morgan fingerprint density at radius 1 is 1.24 bits per heavy atom. The van der Waals surface area contributed by atoms with E-state index in [1.54, 1.807) is 0 Å². The fourth-order valence-corrected chi connectivity index (χ4v) is 3.03. The highest BCUT2D eigenvalue weighted by molar-refractivity contribution is 5.25. The molecule has 1 saturated carbocycles. The van der Waals surface area contributed by atoms with Gasteiger partial charge in [0.05, 0.1) is 0 Å². The van der Waals surface area contributed by atoms with E-state index in [9.17, 15) is 0 Å². The van der Waals surface area contributed by atoms with Crippen LogP contribution in [0.25, 0.3) is 0 Å². The Labute approximate surface area is 130 Å². The molecule has 1 aliphatic rings. The maximum atomic E-state index is 3.72. The van der Waals surface area contributed by atoms with Crippen molar-refractivity contribution < 1.29 is 0 Å². The second kappa shape index (κ2) is 7.95. The molecule has 1 aromatic rings. The number of benzene rings is 1. The Morgan fingerprint density at radius 2 is 1.90 bits per heavy atom. The van der Waals surface area contributed by atoms with Crippen molar-refractivity contribution in [2.75, 3.05) is 26.7 Å². The maximum Gasteiger partial charge on any atom is 0.0449 e. The summed E-state index contributed by atoms with van der Waals surface area (Å²) in [6.45, 7) is 10.3. The first kappa shape index (κ1) is 16.5. The normalized spacial score (nSPS) is 22.5. The van der Waals surface area contributed by atoms with E-state index in [0.717, 1.165) is 31.3 Å². The van der Waals surface area contributed by atoms with Gasteiger partial charge < -0.3 is 10.2 Å². The van der Waals surface area contributed by atoms with Gasteiger partial charge in [0.2, 0.25) is 0 Å². The molecule has 3 unspecified atom stereocenters. The highest BCUT2D eigenvalue weighted by Crippen LogP contribution is 2.38. The number of likely N-dealkylation sites (N-methyl/N-ethyl adjacent to an activating group) is 1. The molecule has 0 spiro atoms. The van der Waals surface area contributed by atoms with E-state index in [-0.39, 0.29) is 0 Å². The largest absolute Gasteiger partial charge is 0.309 e. The summed E-state index contributed by atoms with van der Waals surface area (Å²) < 4.78 is 0. The molecule has 0 radical (unpaired) electrons. The molecule has 0 aliphatic heterocycles.